The molecular weight excluding hydrogens is 214 g/mol. The van der Waals surface area contributed by atoms with Crippen LogP contribution in [0, 0.1) is 0 Å². The van der Waals surface area contributed by atoms with Crippen molar-refractivity contribution in [3.63, 3.8) is 0 Å². The highest BCUT2D eigenvalue weighted by molar-refractivity contribution is 5.50. The topological polar surface area (TPSA) is 52.5 Å². The number of benzene rings is 2. The Hall–Kier alpha value is -2.16. The fraction of sp³-hybridized carbons (Fsp3) is 0.143. The molecule has 1 unspecified atom stereocenters. The Morgan fingerprint density at radius 2 is 1.76 bits per heavy atom. The summed E-state index contributed by atoms with van der Waals surface area (Å²) in [5, 5.41) is 22.3. The maximum atomic E-state index is 9.72. The van der Waals surface area contributed by atoms with Crippen molar-refractivity contribution in [1.82, 2.24) is 0 Å². The minimum Gasteiger partial charge on any atom is -0.508 e. The third kappa shape index (κ3) is 2.69. The van der Waals surface area contributed by atoms with E-state index in [-0.39, 0.29) is 17.5 Å². The van der Waals surface area contributed by atoms with Crippen LogP contribution in [0.2, 0.25) is 0 Å². The second kappa shape index (κ2) is 4.78. The lowest BCUT2D eigenvalue weighted by atomic mass is 10.1. The summed E-state index contributed by atoms with van der Waals surface area (Å²) in [4.78, 5) is 0. The average Bonchev–Trinajstić information content (AvgIpc) is 2.29. The number of para-hydroxylation sites is 1. The second-order valence-electron chi connectivity index (χ2n) is 3.98. The number of rotatable bonds is 3. The van der Waals surface area contributed by atoms with E-state index in [0.717, 1.165) is 11.3 Å². The van der Waals surface area contributed by atoms with Gasteiger partial charge >= 0.3 is 0 Å². The van der Waals surface area contributed by atoms with Crippen molar-refractivity contribution in [1.29, 1.82) is 0 Å². The number of hydrogen-bond acceptors (Lipinski definition) is 3. The zero-order valence-corrected chi connectivity index (χ0v) is 9.59. The molecule has 0 aliphatic rings. The van der Waals surface area contributed by atoms with Gasteiger partial charge in [0.05, 0.1) is 6.04 Å². The summed E-state index contributed by atoms with van der Waals surface area (Å²) in [6, 6.07) is 14.1. The average molecular weight is 229 g/mol. The summed E-state index contributed by atoms with van der Waals surface area (Å²) in [5.74, 6) is 0.493. The maximum Gasteiger partial charge on any atom is 0.120 e. The Labute approximate surface area is 100 Å². The molecule has 88 valence electrons. The first kappa shape index (κ1) is 11.3. The highest BCUT2D eigenvalue weighted by Crippen LogP contribution is 2.27. The lowest BCUT2D eigenvalue weighted by Crippen LogP contribution is -2.06. The Morgan fingerprint density at radius 1 is 1.00 bits per heavy atom. The number of hydrogen-bond donors (Lipinski definition) is 3. The molecule has 0 saturated carbocycles. The number of nitrogens with one attached hydrogen (secondary N) is 1. The van der Waals surface area contributed by atoms with E-state index in [1.54, 1.807) is 30.3 Å². The van der Waals surface area contributed by atoms with Crippen LogP contribution in [0.15, 0.2) is 48.5 Å². The minimum absolute atomic E-state index is 0.0296. The molecule has 3 N–H and O–H groups in total. The Balaban J connectivity index is 2.17. The van der Waals surface area contributed by atoms with Crippen LogP contribution in [0.25, 0.3) is 0 Å². The van der Waals surface area contributed by atoms with Crippen molar-refractivity contribution in [3.05, 3.63) is 54.1 Å². The third-order valence-corrected chi connectivity index (χ3v) is 2.63. The van der Waals surface area contributed by atoms with E-state index in [1.165, 1.54) is 0 Å². The molecule has 0 aromatic heterocycles. The van der Waals surface area contributed by atoms with Gasteiger partial charge in [0.25, 0.3) is 0 Å². The van der Waals surface area contributed by atoms with Gasteiger partial charge in [-0.3, -0.25) is 0 Å². The van der Waals surface area contributed by atoms with E-state index >= 15 is 0 Å². The van der Waals surface area contributed by atoms with Crippen molar-refractivity contribution in [3.8, 4) is 11.5 Å². The van der Waals surface area contributed by atoms with E-state index in [1.807, 2.05) is 25.1 Å². The number of phenolic OH excluding ortho intramolecular Hbond substituents is 2. The summed E-state index contributed by atoms with van der Waals surface area (Å²) < 4.78 is 0. The summed E-state index contributed by atoms with van der Waals surface area (Å²) in [6.07, 6.45) is 0. The van der Waals surface area contributed by atoms with Crippen molar-refractivity contribution in [2.75, 3.05) is 5.32 Å². The largest absolute Gasteiger partial charge is 0.508 e. The Bertz CT molecular complexity index is 511. The number of aromatic hydroxyl groups is 2. The van der Waals surface area contributed by atoms with Gasteiger partial charge in [-0.1, -0.05) is 24.3 Å². The van der Waals surface area contributed by atoms with Gasteiger partial charge in [0, 0.05) is 17.3 Å². The molecule has 2 rings (SSSR count). The van der Waals surface area contributed by atoms with Gasteiger partial charge in [-0.05, 0) is 25.1 Å². The predicted octanol–water partition coefficient (Wildman–Crippen LogP) is 3.27. The fourth-order valence-corrected chi connectivity index (χ4v) is 1.78. The molecule has 0 spiro atoms. The molecule has 2 aromatic rings. The first-order valence-corrected chi connectivity index (χ1v) is 5.50. The summed E-state index contributed by atoms with van der Waals surface area (Å²) >= 11 is 0. The summed E-state index contributed by atoms with van der Waals surface area (Å²) in [6.45, 7) is 1.96. The van der Waals surface area contributed by atoms with Crippen molar-refractivity contribution in [2.45, 2.75) is 13.0 Å². The van der Waals surface area contributed by atoms with Crippen LogP contribution in [-0.2, 0) is 0 Å². The van der Waals surface area contributed by atoms with Gasteiger partial charge in [0.15, 0.2) is 0 Å². The van der Waals surface area contributed by atoms with Crippen LogP contribution in [0.5, 0.6) is 11.5 Å². The van der Waals surface area contributed by atoms with E-state index < -0.39 is 0 Å². The molecule has 2 aromatic carbocycles. The van der Waals surface area contributed by atoms with E-state index in [9.17, 15) is 10.2 Å². The molecule has 3 heteroatoms. The van der Waals surface area contributed by atoms with Crippen molar-refractivity contribution >= 4 is 5.69 Å². The molecule has 0 aliphatic carbocycles. The van der Waals surface area contributed by atoms with Crippen molar-refractivity contribution in [2.24, 2.45) is 0 Å². The number of phenols is 2. The fourth-order valence-electron chi connectivity index (χ4n) is 1.78. The Morgan fingerprint density at radius 3 is 2.47 bits per heavy atom. The molecule has 0 bridgehead atoms. The highest BCUT2D eigenvalue weighted by Gasteiger charge is 2.09. The first-order chi connectivity index (χ1) is 8.16. The first-order valence-electron chi connectivity index (χ1n) is 5.50. The second-order valence-corrected chi connectivity index (χ2v) is 3.98. The van der Waals surface area contributed by atoms with E-state index in [4.69, 9.17) is 0 Å². The van der Waals surface area contributed by atoms with Crippen LogP contribution >= 0.6 is 0 Å². The molecule has 0 radical (unpaired) electrons. The quantitative estimate of drug-likeness (QED) is 0.757. The molecule has 0 aliphatic heterocycles. The molecule has 0 fully saturated rings. The molecular formula is C14H15NO2. The van der Waals surface area contributed by atoms with Crippen LogP contribution in [0.4, 0.5) is 5.69 Å². The third-order valence-electron chi connectivity index (χ3n) is 2.63. The van der Waals surface area contributed by atoms with Gasteiger partial charge in [-0.25, -0.2) is 0 Å². The molecule has 17 heavy (non-hydrogen) atoms. The van der Waals surface area contributed by atoms with E-state index in [2.05, 4.69) is 5.32 Å². The molecule has 0 amide bonds. The van der Waals surface area contributed by atoms with Gasteiger partial charge in [0.2, 0.25) is 0 Å². The van der Waals surface area contributed by atoms with Crippen molar-refractivity contribution < 1.29 is 10.2 Å². The zero-order chi connectivity index (χ0) is 12.3. The summed E-state index contributed by atoms with van der Waals surface area (Å²) in [7, 11) is 0. The normalized spacial score (nSPS) is 12.1. The molecule has 1 atom stereocenters. The molecule has 0 heterocycles. The SMILES string of the molecule is CC(Nc1cccc(O)c1)c1ccccc1O. The highest BCUT2D eigenvalue weighted by atomic mass is 16.3. The van der Waals surface area contributed by atoms with Crippen LogP contribution in [-0.4, -0.2) is 10.2 Å². The monoisotopic (exact) mass is 229 g/mol. The lowest BCUT2D eigenvalue weighted by Gasteiger charge is -2.16. The molecule has 3 nitrogen and oxygen atoms in total. The maximum absolute atomic E-state index is 9.72. The minimum atomic E-state index is -0.0296. The Kier molecular flexibility index (Phi) is 3.19. The van der Waals surface area contributed by atoms with Crippen LogP contribution in [0.1, 0.15) is 18.5 Å². The molecule has 0 saturated heterocycles. The van der Waals surface area contributed by atoms with E-state index in [0.29, 0.717) is 0 Å². The van der Waals surface area contributed by atoms with Crippen LogP contribution in [0.3, 0.4) is 0 Å². The lowest BCUT2D eigenvalue weighted by molar-refractivity contribution is 0.465. The zero-order valence-electron chi connectivity index (χ0n) is 9.59. The van der Waals surface area contributed by atoms with Gasteiger partial charge < -0.3 is 15.5 Å². The predicted molar refractivity (Wildman–Crippen MR) is 68.3 cm³/mol. The standard InChI is InChI=1S/C14H15NO2/c1-10(13-7-2-3-8-14(13)17)15-11-5-4-6-12(16)9-11/h2-10,15-17H,1H3. The van der Waals surface area contributed by atoms with Gasteiger partial charge in [-0.2, -0.15) is 0 Å². The van der Waals surface area contributed by atoms with Gasteiger partial charge in [-0.15, -0.1) is 0 Å². The van der Waals surface area contributed by atoms with Gasteiger partial charge in [0.1, 0.15) is 11.5 Å². The number of anilines is 1. The smallest absolute Gasteiger partial charge is 0.120 e. The summed E-state index contributed by atoms with van der Waals surface area (Å²) in [5.41, 5.74) is 1.65. The van der Waals surface area contributed by atoms with Crippen LogP contribution < -0.4 is 5.32 Å².